The zero-order chi connectivity index (χ0) is 22.8. The molecule has 2 atom stereocenters. The van der Waals surface area contributed by atoms with Crippen LogP contribution in [-0.4, -0.2) is 38.8 Å². The molecule has 0 aliphatic carbocycles. The maximum atomic E-state index is 13.5. The van der Waals surface area contributed by atoms with E-state index in [1.807, 2.05) is 32.0 Å². The van der Waals surface area contributed by atoms with E-state index in [4.69, 9.17) is 4.74 Å². The fourth-order valence-corrected chi connectivity index (χ4v) is 6.21. The van der Waals surface area contributed by atoms with Crippen LogP contribution in [0.2, 0.25) is 0 Å². The smallest absolute Gasteiger partial charge is 0.255 e. The lowest BCUT2D eigenvalue weighted by atomic mass is 9.94. The normalized spacial score (nSPS) is 19.8. The molecule has 1 amide bonds. The Morgan fingerprint density at radius 3 is 2.45 bits per heavy atom. The van der Waals surface area contributed by atoms with Crippen molar-refractivity contribution in [2.75, 3.05) is 25.5 Å². The number of anilines is 1. The van der Waals surface area contributed by atoms with Crippen LogP contribution in [0.3, 0.4) is 0 Å². The third-order valence-electron chi connectivity index (χ3n) is 5.86. The van der Waals surface area contributed by atoms with Crippen molar-refractivity contribution < 1.29 is 17.9 Å². The molecule has 7 heteroatoms. The number of nitrogens with zero attached hydrogens (tertiary/aromatic N) is 1. The van der Waals surface area contributed by atoms with E-state index in [1.165, 1.54) is 17.5 Å². The highest BCUT2D eigenvalue weighted by molar-refractivity contribution is 7.89. The molecule has 1 aliphatic rings. The second-order valence-electron chi connectivity index (χ2n) is 8.55. The molecule has 2 unspecified atom stereocenters. The number of hydrogen-bond donors (Lipinski definition) is 1. The molecule has 1 heterocycles. The number of nitrogens with one attached hydrogen (secondary N) is 1. The van der Waals surface area contributed by atoms with E-state index in [2.05, 4.69) is 19.2 Å². The van der Waals surface area contributed by atoms with E-state index in [1.54, 1.807) is 12.1 Å². The van der Waals surface area contributed by atoms with Crippen LogP contribution in [0.15, 0.2) is 41.3 Å². The number of methoxy groups -OCH3 is 1. The quantitative estimate of drug-likeness (QED) is 0.713. The van der Waals surface area contributed by atoms with Gasteiger partial charge in [-0.25, -0.2) is 8.42 Å². The lowest BCUT2D eigenvalue weighted by molar-refractivity contribution is 0.102. The Balaban J connectivity index is 1.96. The first-order valence-electron chi connectivity index (χ1n) is 10.7. The lowest BCUT2D eigenvalue weighted by Gasteiger charge is -2.34. The summed E-state index contributed by atoms with van der Waals surface area (Å²) in [5.41, 5.74) is 3.05. The summed E-state index contributed by atoms with van der Waals surface area (Å²) in [5, 5.41) is 2.97. The number of para-hydroxylation sites is 1. The number of piperidine rings is 1. The molecule has 3 rings (SSSR count). The van der Waals surface area contributed by atoms with Crippen LogP contribution in [0.4, 0.5) is 5.69 Å². The standard InChI is InChI=1S/C24H32N2O4S/c1-6-19-9-7-8-18(4)23(19)25-24(27)20-10-11-21(30-5)22(13-20)31(28,29)26-14-16(2)12-17(3)15-26/h7-11,13,16-17H,6,12,14-15H2,1-5H3,(H,25,27). The summed E-state index contributed by atoms with van der Waals surface area (Å²) < 4.78 is 33.8. The summed E-state index contributed by atoms with van der Waals surface area (Å²) in [4.78, 5) is 13.1. The fourth-order valence-electron chi connectivity index (χ4n) is 4.35. The molecule has 31 heavy (non-hydrogen) atoms. The predicted molar refractivity (Wildman–Crippen MR) is 123 cm³/mol. The highest BCUT2D eigenvalue weighted by Gasteiger charge is 2.34. The number of carbonyl (C=O) groups excluding carboxylic acids is 1. The Kier molecular flexibility index (Phi) is 7.06. The summed E-state index contributed by atoms with van der Waals surface area (Å²) in [6.45, 7) is 9.03. The monoisotopic (exact) mass is 444 g/mol. The van der Waals surface area contributed by atoms with Gasteiger partial charge in [-0.3, -0.25) is 4.79 Å². The molecule has 1 saturated heterocycles. The zero-order valence-electron chi connectivity index (χ0n) is 18.9. The molecule has 168 valence electrons. The van der Waals surface area contributed by atoms with Gasteiger partial charge in [0, 0.05) is 24.3 Å². The fraction of sp³-hybridized carbons (Fsp3) is 0.458. The molecule has 1 aliphatic heterocycles. The maximum absolute atomic E-state index is 13.5. The minimum atomic E-state index is -3.79. The van der Waals surface area contributed by atoms with Crippen molar-refractivity contribution in [1.29, 1.82) is 0 Å². The van der Waals surface area contributed by atoms with Crippen molar-refractivity contribution in [2.24, 2.45) is 11.8 Å². The number of rotatable bonds is 6. The summed E-state index contributed by atoms with van der Waals surface area (Å²) in [7, 11) is -2.35. The van der Waals surface area contributed by atoms with Crippen molar-refractivity contribution >= 4 is 21.6 Å². The number of hydrogen-bond acceptors (Lipinski definition) is 4. The Bertz CT molecular complexity index is 1060. The Morgan fingerprint density at radius 2 is 1.84 bits per heavy atom. The number of amides is 1. The van der Waals surface area contributed by atoms with Crippen molar-refractivity contribution in [3.8, 4) is 5.75 Å². The first-order valence-corrected chi connectivity index (χ1v) is 12.2. The van der Waals surface area contributed by atoms with Gasteiger partial charge in [0.25, 0.3) is 5.91 Å². The minimum Gasteiger partial charge on any atom is -0.495 e. The van der Waals surface area contributed by atoms with E-state index in [-0.39, 0.29) is 34.0 Å². The molecule has 2 aromatic rings. The molecule has 2 aromatic carbocycles. The molecule has 6 nitrogen and oxygen atoms in total. The molecule has 0 spiro atoms. The van der Waals surface area contributed by atoms with Gasteiger partial charge in [0.2, 0.25) is 10.0 Å². The van der Waals surface area contributed by atoms with Crippen LogP contribution >= 0.6 is 0 Å². The Hall–Kier alpha value is -2.38. The van der Waals surface area contributed by atoms with Gasteiger partial charge in [-0.2, -0.15) is 4.31 Å². The number of ether oxygens (including phenoxy) is 1. The number of carbonyl (C=O) groups is 1. The Labute approximate surface area is 185 Å². The zero-order valence-corrected chi connectivity index (χ0v) is 19.8. The maximum Gasteiger partial charge on any atom is 0.255 e. The molecule has 0 bridgehead atoms. The highest BCUT2D eigenvalue weighted by Crippen LogP contribution is 2.32. The average molecular weight is 445 g/mol. The third kappa shape index (κ3) is 4.93. The second-order valence-corrected chi connectivity index (χ2v) is 10.5. The van der Waals surface area contributed by atoms with Crippen LogP contribution in [0, 0.1) is 18.8 Å². The molecular formula is C24H32N2O4S. The number of aryl methyl sites for hydroxylation is 2. The van der Waals surface area contributed by atoms with Crippen molar-refractivity contribution in [2.45, 2.75) is 45.4 Å². The van der Waals surface area contributed by atoms with Gasteiger partial charge in [0.05, 0.1) is 7.11 Å². The molecule has 0 aromatic heterocycles. The van der Waals surface area contributed by atoms with E-state index >= 15 is 0 Å². The second kappa shape index (κ2) is 9.40. The van der Waals surface area contributed by atoms with Crippen LogP contribution in [-0.2, 0) is 16.4 Å². The van der Waals surface area contributed by atoms with Crippen LogP contribution in [0.1, 0.15) is 48.7 Å². The topological polar surface area (TPSA) is 75.7 Å². The van der Waals surface area contributed by atoms with Gasteiger partial charge in [-0.1, -0.05) is 39.0 Å². The van der Waals surface area contributed by atoms with Crippen LogP contribution in [0.5, 0.6) is 5.75 Å². The summed E-state index contributed by atoms with van der Waals surface area (Å²) in [6, 6.07) is 10.5. The van der Waals surface area contributed by atoms with E-state index in [0.29, 0.717) is 13.1 Å². The SMILES string of the molecule is CCc1cccc(C)c1NC(=O)c1ccc(OC)c(S(=O)(=O)N2CC(C)CC(C)C2)c1. The summed E-state index contributed by atoms with van der Waals surface area (Å²) in [5.74, 6) is 0.463. The van der Waals surface area contributed by atoms with Crippen molar-refractivity contribution in [3.63, 3.8) is 0 Å². The first-order chi connectivity index (χ1) is 14.7. The van der Waals surface area contributed by atoms with Gasteiger partial charge >= 0.3 is 0 Å². The van der Waals surface area contributed by atoms with Crippen molar-refractivity contribution in [1.82, 2.24) is 4.31 Å². The van der Waals surface area contributed by atoms with Crippen LogP contribution < -0.4 is 10.1 Å². The van der Waals surface area contributed by atoms with E-state index in [9.17, 15) is 13.2 Å². The van der Waals surface area contributed by atoms with Gasteiger partial charge in [0.1, 0.15) is 10.6 Å². The first kappa shape index (κ1) is 23.3. The third-order valence-corrected chi connectivity index (χ3v) is 7.71. The number of sulfonamides is 1. The summed E-state index contributed by atoms with van der Waals surface area (Å²) >= 11 is 0. The van der Waals surface area contributed by atoms with E-state index in [0.717, 1.165) is 29.7 Å². The predicted octanol–water partition coefficient (Wildman–Crippen LogP) is 4.48. The molecule has 0 saturated carbocycles. The molecule has 0 radical (unpaired) electrons. The van der Waals surface area contributed by atoms with Crippen LogP contribution in [0.25, 0.3) is 0 Å². The van der Waals surface area contributed by atoms with Gasteiger partial charge in [0.15, 0.2) is 0 Å². The van der Waals surface area contributed by atoms with Crippen molar-refractivity contribution in [3.05, 3.63) is 53.1 Å². The largest absolute Gasteiger partial charge is 0.495 e. The summed E-state index contributed by atoms with van der Waals surface area (Å²) in [6.07, 6.45) is 1.78. The molecular weight excluding hydrogens is 412 g/mol. The van der Waals surface area contributed by atoms with Gasteiger partial charge in [-0.05, 0) is 60.9 Å². The van der Waals surface area contributed by atoms with E-state index < -0.39 is 10.0 Å². The lowest BCUT2D eigenvalue weighted by Crippen LogP contribution is -2.42. The van der Waals surface area contributed by atoms with Gasteiger partial charge in [-0.15, -0.1) is 0 Å². The minimum absolute atomic E-state index is 0.0319. The molecule has 1 fully saturated rings. The Morgan fingerprint density at radius 1 is 1.16 bits per heavy atom. The average Bonchev–Trinajstić information content (AvgIpc) is 2.73. The van der Waals surface area contributed by atoms with Gasteiger partial charge < -0.3 is 10.1 Å². The number of benzene rings is 2. The highest BCUT2D eigenvalue weighted by atomic mass is 32.2. The molecule has 1 N–H and O–H groups in total.